The minimum atomic E-state index is -0.873. The summed E-state index contributed by atoms with van der Waals surface area (Å²) in [5.41, 5.74) is 0.656. The summed E-state index contributed by atoms with van der Waals surface area (Å²) in [5, 5.41) is 3.23. The van der Waals surface area contributed by atoms with E-state index in [1.54, 1.807) is 0 Å². The van der Waals surface area contributed by atoms with Gasteiger partial charge in [0.05, 0.1) is 7.11 Å². The molecule has 2 nitrogen and oxygen atoms in total. The molecule has 0 heterocycles. The van der Waals surface area contributed by atoms with Crippen LogP contribution in [0.15, 0.2) is 12.1 Å². The van der Waals surface area contributed by atoms with Crippen LogP contribution < -0.4 is 10.1 Å². The lowest BCUT2D eigenvalue weighted by Gasteiger charge is -2.09. The predicted molar refractivity (Wildman–Crippen MR) is 52.8 cm³/mol. The molecule has 1 aromatic carbocycles. The highest BCUT2D eigenvalue weighted by Crippen LogP contribution is 2.24. The molecule has 1 aliphatic carbocycles. The Morgan fingerprint density at radius 2 is 2.00 bits per heavy atom. The van der Waals surface area contributed by atoms with E-state index in [0.717, 1.165) is 18.9 Å². The molecular formula is C11H13F2NO. The van der Waals surface area contributed by atoms with Gasteiger partial charge in [-0.1, -0.05) is 0 Å². The lowest BCUT2D eigenvalue weighted by Crippen LogP contribution is -2.16. The van der Waals surface area contributed by atoms with Crippen LogP contribution in [0.4, 0.5) is 8.78 Å². The van der Waals surface area contributed by atoms with Gasteiger partial charge in [-0.25, -0.2) is 8.78 Å². The molecular weight excluding hydrogens is 200 g/mol. The number of benzene rings is 1. The number of nitrogens with one attached hydrogen (secondary N) is 1. The largest absolute Gasteiger partial charge is 0.496 e. The SMILES string of the molecule is COc1cc(F)c(F)cc1CNC1CC1. The molecule has 1 aromatic rings. The molecule has 1 N–H and O–H groups in total. The number of ether oxygens (including phenoxy) is 1. The maximum Gasteiger partial charge on any atom is 0.162 e. The summed E-state index contributed by atoms with van der Waals surface area (Å²) in [5.74, 6) is -1.31. The average Bonchev–Trinajstić information content (AvgIpc) is 3.03. The van der Waals surface area contributed by atoms with Gasteiger partial charge in [0, 0.05) is 24.2 Å². The third-order valence-corrected chi connectivity index (χ3v) is 2.48. The zero-order chi connectivity index (χ0) is 10.8. The smallest absolute Gasteiger partial charge is 0.162 e. The van der Waals surface area contributed by atoms with E-state index in [4.69, 9.17) is 4.74 Å². The van der Waals surface area contributed by atoms with E-state index in [-0.39, 0.29) is 0 Å². The van der Waals surface area contributed by atoms with Crippen molar-refractivity contribution in [2.24, 2.45) is 0 Å². The van der Waals surface area contributed by atoms with E-state index in [1.165, 1.54) is 13.2 Å². The standard InChI is InChI=1S/C11H13F2NO/c1-15-11-5-10(13)9(12)4-7(11)6-14-8-2-3-8/h4-5,8,14H,2-3,6H2,1H3. The Bertz CT molecular complexity index is 364. The first-order valence-corrected chi connectivity index (χ1v) is 4.96. The van der Waals surface area contributed by atoms with E-state index in [1.807, 2.05) is 0 Å². The van der Waals surface area contributed by atoms with Crippen LogP contribution in [0.2, 0.25) is 0 Å². The van der Waals surface area contributed by atoms with E-state index in [0.29, 0.717) is 23.9 Å². The Hall–Kier alpha value is -1.16. The van der Waals surface area contributed by atoms with Crippen LogP contribution in [0.25, 0.3) is 0 Å². The molecule has 0 amide bonds. The fraction of sp³-hybridized carbons (Fsp3) is 0.455. The number of hydrogen-bond acceptors (Lipinski definition) is 2. The Balaban J connectivity index is 2.15. The van der Waals surface area contributed by atoms with Gasteiger partial charge in [0.25, 0.3) is 0 Å². The second kappa shape index (κ2) is 4.14. The Kier molecular flexibility index (Phi) is 2.86. The lowest BCUT2D eigenvalue weighted by molar-refractivity contribution is 0.398. The summed E-state index contributed by atoms with van der Waals surface area (Å²) in [6, 6.07) is 2.80. The van der Waals surface area contributed by atoms with Gasteiger partial charge in [-0.05, 0) is 18.9 Å². The van der Waals surface area contributed by atoms with E-state index >= 15 is 0 Å². The molecule has 0 spiro atoms. The summed E-state index contributed by atoms with van der Waals surface area (Å²) in [6.07, 6.45) is 2.32. The quantitative estimate of drug-likeness (QED) is 0.828. The third-order valence-electron chi connectivity index (χ3n) is 2.48. The van der Waals surface area contributed by atoms with Crippen LogP contribution in [0.5, 0.6) is 5.75 Å². The molecule has 0 aliphatic heterocycles. The number of rotatable bonds is 4. The molecule has 15 heavy (non-hydrogen) atoms. The predicted octanol–water partition coefficient (Wildman–Crippen LogP) is 2.23. The minimum Gasteiger partial charge on any atom is -0.496 e. The maximum absolute atomic E-state index is 13.0. The molecule has 0 aromatic heterocycles. The van der Waals surface area contributed by atoms with Gasteiger partial charge in [-0.2, -0.15) is 0 Å². The highest BCUT2D eigenvalue weighted by Gasteiger charge is 2.21. The molecule has 0 bridgehead atoms. The Labute approximate surface area is 87.2 Å². The first-order valence-electron chi connectivity index (χ1n) is 4.96. The fourth-order valence-electron chi connectivity index (χ4n) is 1.44. The van der Waals surface area contributed by atoms with Gasteiger partial charge >= 0.3 is 0 Å². The van der Waals surface area contributed by atoms with Gasteiger partial charge < -0.3 is 10.1 Å². The Morgan fingerprint density at radius 3 is 2.60 bits per heavy atom. The van der Waals surface area contributed by atoms with Crippen molar-refractivity contribution < 1.29 is 13.5 Å². The van der Waals surface area contributed by atoms with Crippen molar-refractivity contribution in [3.63, 3.8) is 0 Å². The second-order valence-corrected chi connectivity index (χ2v) is 3.73. The van der Waals surface area contributed by atoms with Crippen molar-refractivity contribution in [2.75, 3.05) is 7.11 Å². The molecule has 1 saturated carbocycles. The molecule has 0 saturated heterocycles. The van der Waals surface area contributed by atoms with Crippen molar-refractivity contribution in [1.82, 2.24) is 5.32 Å². The van der Waals surface area contributed by atoms with Crippen molar-refractivity contribution >= 4 is 0 Å². The zero-order valence-electron chi connectivity index (χ0n) is 8.52. The molecule has 4 heteroatoms. The average molecular weight is 213 g/mol. The van der Waals surface area contributed by atoms with Crippen LogP contribution in [-0.4, -0.2) is 13.2 Å². The van der Waals surface area contributed by atoms with E-state index < -0.39 is 11.6 Å². The molecule has 82 valence electrons. The summed E-state index contributed by atoms with van der Waals surface area (Å²) in [6.45, 7) is 0.519. The summed E-state index contributed by atoms with van der Waals surface area (Å²) < 4.78 is 30.8. The summed E-state index contributed by atoms with van der Waals surface area (Å²) in [7, 11) is 1.45. The van der Waals surface area contributed by atoms with Crippen LogP contribution in [-0.2, 0) is 6.54 Å². The van der Waals surface area contributed by atoms with Crippen molar-refractivity contribution in [3.05, 3.63) is 29.3 Å². The molecule has 1 aliphatic rings. The van der Waals surface area contributed by atoms with Crippen LogP contribution in [0.1, 0.15) is 18.4 Å². The zero-order valence-corrected chi connectivity index (χ0v) is 8.52. The maximum atomic E-state index is 13.0. The monoisotopic (exact) mass is 213 g/mol. The van der Waals surface area contributed by atoms with E-state index in [9.17, 15) is 8.78 Å². The molecule has 0 radical (unpaired) electrons. The second-order valence-electron chi connectivity index (χ2n) is 3.73. The highest BCUT2D eigenvalue weighted by molar-refractivity contribution is 5.34. The topological polar surface area (TPSA) is 21.3 Å². The van der Waals surface area contributed by atoms with Gasteiger partial charge in [-0.3, -0.25) is 0 Å². The van der Waals surface area contributed by atoms with Gasteiger partial charge in [0.2, 0.25) is 0 Å². The fourth-order valence-corrected chi connectivity index (χ4v) is 1.44. The van der Waals surface area contributed by atoms with Crippen molar-refractivity contribution in [2.45, 2.75) is 25.4 Å². The van der Waals surface area contributed by atoms with Crippen LogP contribution in [0.3, 0.4) is 0 Å². The highest BCUT2D eigenvalue weighted by atomic mass is 19.2. The molecule has 0 unspecified atom stereocenters. The third kappa shape index (κ3) is 2.45. The van der Waals surface area contributed by atoms with Gasteiger partial charge in [0.15, 0.2) is 11.6 Å². The summed E-state index contributed by atoms with van der Waals surface area (Å²) >= 11 is 0. The van der Waals surface area contributed by atoms with Gasteiger partial charge in [0.1, 0.15) is 5.75 Å². The molecule has 2 rings (SSSR count). The molecule has 1 fully saturated rings. The first-order chi connectivity index (χ1) is 7.20. The van der Waals surface area contributed by atoms with Crippen LogP contribution in [0, 0.1) is 11.6 Å². The van der Waals surface area contributed by atoms with Crippen molar-refractivity contribution in [1.29, 1.82) is 0 Å². The number of halogens is 2. The van der Waals surface area contributed by atoms with Crippen molar-refractivity contribution in [3.8, 4) is 5.75 Å². The Morgan fingerprint density at radius 1 is 1.33 bits per heavy atom. The normalized spacial score (nSPS) is 15.4. The number of methoxy groups -OCH3 is 1. The lowest BCUT2D eigenvalue weighted by atomic mass is 10.2. The first kappa shape index (κ1) is 10.4. The van der Waals surface area contributed by atoms with Crippen LogP contribution >= 0.6 is 0 Å². The summed E-state index contributed by atoms with van der Waals surface area (Å²) in [4.78, 5) is 0. The van der Waals surface area contributed by atoms with Gasteiger partial charge in [-0.15, -0.1) is 0 Å². The van der Waals surface area contributed by atoms with E-state index in [2.05, 4.69) is 5.32 Å². The molecule has 0 atom stereocenters. The number of hydrogen-bond donors (Lipinski definition) is 1. The minimum absolute atomic E-state index is 0.391.